The zero-order chi connectivity index (χ0) is 19.9. The Bertz CT molecular complexity index is 927. The summed E-state index contributed by atoms with van der Waals surface area (Å²) in [6.45, 7) is 7.06. The lowest BCUT2D eigenvalue weighted by Gasteiger charge is -2.17. The van der Waals surface area contributed by atoms with Gasteiger partial charge in [0.15, 0.2) is 11.5 Å². The molecule has 1 aromatic heterocycles. The average Bonchev–Trinajstić information content (AvgIpc) is 3.12. The summed E-state index contributed by atoms with van der Waals surface area (Å²) >= 11 is 0. The van der Waals surface area contributed by atoms with E-state index in [4.69, 9.17) is 14.2 Å². The number of aromatic nitrogens is 2. The molecule has 0 radical (unpaired) electrons. The number of amides is 2. The Labute approximate surface area is 163 Å². The fourth-order valence-electron chi connectivity index (χ4n) is 2.77. The van der Waals surface area contributed by atoms with Crippen molar-refractivity contribution < 1.29 is 19.0 Å². The van der Waals surface area contributed by atoms with Crippen molar-refractivity contribution in [3.63, 3.8) is 0 Å². The monoisotopic (exact) mass is 384 g/mol. The van der Waals surface area contributed by atoms with Crippen LogP contribution in [0.2, 0.25) is 0 Å². The van der Waals surface area contributed by atoms with Crippen molar-refractivity contribution in [1.82, 2.24) is 9.97 Å². The van der Waals surface area contributed by atoms with Crippen LogP contribution >= 0.6 is 0 Å². The molecule has 0 unspecified atom stereocenters. The van der Waals surface area contributed by atoms with E-state index >= 15 is 0 Å². The molecule has 0 spiro atoms. The summed E-state index contributed by atoms with van der Waals surface area (Å²) in [5.74, 6) is 1.57. The van der Waals surface area contributed by atoms with Crippen molar-refractivity contribution >= 4 is 28.4 Å². The van der Waals surface area contributed by atoms with Crippen molar-refractivity contribution in [2.24, 2.45) is 0 Å². The molecule has 3 aromatic rings. The summed E-state index contributed by atoms with van der Waals surface area (Å²) < 4.78 is 17.0. The highest BCUT2D eigenvalue weighted by Gasteiger charge is 2.16. The number of nitrogens with one attached hydrogen (secondary N) is 3. The molecular formula is C20H24N4O4. The third-order valence-electron chi connectivity index (χ3n) is 3.85. The number of urea groups is 1. The van der Waals surface area contributed by atoms with Gasteiger partial charge in [0, 0.05) is 17.8 Å². The lowest BCUT2D eigenvalue weighted by molar-refractivity contribution is 0.260. The molecule has 3 N–H and O–H groups in total. The molecule has 0 aliphatic carbocycles. The summed E-state index contributed by atoms with van der Waals surface area (Å²) in [6.07, 6.45) is 1.61. The first-order valence-electron chi connectivity index (χ1n) is 9.22. The molecule has 148 valence electrons. The highest BCUT2D eigenvalue weighted by molar-refractivity contribution is 6.01. The third-order valence-corrected chi connectivity index (χ3v) is 3.85. The second-order valence-corrected chi connectivity index (χ2v) is 5.81. The van der Waals surface area contributed by atoms with Crippen LogP contribution in [0.1, 0.15) is 20.8 Å². The molecule has 0 aliphatic rings. The Balaban J connectivity index is 1.80. The molecule has 0 saturated carbocycles. The second kappa shape index (κ2) is 8.98. The third kappa shape index (κ3) is 4.46. The molecule has 0 aliphatic heterocycles. The maximum atomic E-state index is 12.4. The van der Waals surface area contributed by atoms with Crippen molar-refractivity contribution in [1.29, 1.82) is 0 Å². The largest absolute Gasteiger partial charge is 0.490 e. The van der Waals surface area contributed by atoms with Gasteiger partial charge in [-0.1, -0.05) is 0 Å². The van der Waals surface area contributed by atoms with E-state index in [-0.39, 0.29) is 6.03 Å². The molecule has 0 bridgehead atoms. The minimum atomic E-state index is -0.382. The van der Waals surface area contributed by atoms with Crippen LogP contribution in [0.3, 0.4) is 0 Å². The van der Waals surface area contributed by atoms with E-state index in [0.29, 0.717) is 48.4 Å². The zero-order valence-corrected chi connectivity index (χ0v) is 16.2. The number of aromatic amines is 1. The van der Waals surface area contributed by atoms with Crippen LogP contribution in [-0.4, -0.2) is 35.8 Å². The number of rotatable bonds is 8. The van der Waals surface area contributed by atoms with E-state index in [0.717, 1.165) is 11.0 Å². The summed E-state index contributed by atoms with van der Waals surface area (Å²) in [4.78, 5) is 19.6. The van der Waals surface area contributed by atoms with Crippen LogP contribution in [0.4, 0.5) is 16.2 Å². The standard InChI is InChI=1S/C20H24N4O4/c1-4-26-17-10-14(11-18(27-5-2)19(17)28-6-3)24-20(25)23-13-7-8-15-16(9-13)22-12-21-15/h7-12H,4-6H2,1-3H3,(H,21,22)(H2,23,24,25). The minimum absolute atomic E-state index is 0.382. The summed E-state index contributed by atoms with van der Waals surface area (Å²) in [6, 6.07) is 8.49. The summed E-state index contributed by atoms with van der Waals surface area (Å²) in [5.41, 5.74) is 2.86. The van der Waals surface area contributed by atoms with Gasteiger partial charge in [0.2, 0.25) is 5.75 Å². The quantitative estimate of drug-likeness (QED) is 0.535. The number of ether oxygens (including phenoxy) is 3. The van der Waals surface area contributed by atoms with Gasteiger partial charge in [0.1, 0.15) is 0 Å². The van der Waals surface area contributed by atoms with Crippen molar-refractivity contribution in [2.75, 3.05) is 30.5 Å². The van der Waals surface area contributed by atoms with Gasteiger partial charge >= 0.3 is 6.03 Å². The fraction of sp³-hybridized carbons (Fsp3) is 0.300. The number of fused-ring (bicyclic) bond motifs is 1. The van der Waals surface area contributed by atoms with Gasteiger partial charge in [-0.15, -0.1) is 0 Å². The zero-order valence-electron chi connectivity index (χ0n) is 16.2. The van der Waals surface area contributed by atoms with Crippen LogP contribution in [0, 0.1) is 0 Å². The number of hydrogen-bond donors (Lipinski definition) is 3. The smallest absolute Gasteiger partial charge is 0.323 e. The van der Waals surface area contributed by atoms with Crippen molar-refractivity contribution in [3.05, 3.63) is 36.7 Å². The highest BCUT2D eigenvalue weighted by atomic mass is 16.5. The summed E-state index contributed by atoms with van der Waals surface area (Å²) in [7, 11) is 0. The molecule has 3 rings (SSSR count). The lowest BCUT2D eigenvalue weighted by Crippen LogP contribution is -2.19. The first-order chi connectivity index (χ1) is 13.6. The van der Waals surface area contributed by atoms with Gasteiger partial charge < -0.3 is 29.8 Å². The van der Waals surface area contributed by atoms with Crippen LogP contribution < -0.4 is 24.8 Å². The predicted octanol–water partition coefficient (Wildman–Crippen LogP) is 4.40. The van der Waals surface area contributed by atoms with E-state index in [9.17, 15) is 4.79 Å². The Hall–Kier alpha value is -3.42. The van der Waals surface area contributed by atoms with Gasteiger partial charge in [-0.25, -0.2) is 9.78 Å². The molecule has 0 atom stereocenters. The van der Waals surface area contributed by atoms with E-state index in [1.54, 1.807) is 24.5 Å². The van der Waals surface area contributed by atoms with E-state index in [2.05, 4.69) is 20.6 Å². The van der Waals surface area contributed by atoms with Gasteiger partial charge in [-0.2, -0.15) is 0 Å². The Kier molecular flexibility index (Phi) is 6.21. The number of anilines is 2. The SMILES string of the molecule is CCOc1cc(NC(=O)Nc2ccc3nc[nH]c3c2)cc(OCC)c1OCC. The van der Waals surface area contributed by atoms with Crippen LogP contribution in [0.25, 0.3) is 11.0 Å². The maximum Gasteiger partial charge on any atom is 0.323 e. The van der Waals surface area contributed by atoms with Crippen LogP contribution in [0.5, 0.6) is 17.2 Å². The Morgan fingerprint density at radius 2 is 1.57 bits per heavy atom. The number of nitrogens with zero attached hydrogens (tertiary/aromatic N) is 1. The fourth-order valence-corrected chi connectivity index (χ4v) is 2.77. The normalized spacial score (nSPS) is 10.5. The highest BCUT2D eigenvalue weighted by Crippen LogP contribution is 2.40. The van der Waals surface area contributed by atoms with Gasteiger partial charge in [0.05, 0.1) is 42.9 Å². The molecule has 8 heteroatoms. The topological polar surface area (TPSA) is 97.5 Å². The van der Waals surface area contributed by atoms with Crippen LogP contribution in [-0.2, 0) is 0 Å². The number of imidazole rings is 1. The molecule has 28 heavy (non-hydrogen) atoms. The molecule has 0 saturated heterocycles. The molecule has 0 fully saturated rings. The van der Waals surface area contributed by atoms with E-state index in [1.807, 2.05) is 32.9 Å². The molecule has 1 heterocycles. The number of benzene rings is 2. The number of H-pyrrole nitrogens is 1. The number of carbonyl (C=O) groups excluding carboxylic acids is 1. The van der Waals surface area contributed by atoms with Gasteiger partial charge in [0.25, 0.3) is 0 Å². The maximum absolute atomic E-state index is 12.4. The first-order valence-corrected chi connectivity index (χ1v) is 9.22. The van der Waals surface area contributed by atoms with E-state index in [1.165, 1.54) is 0 Å². The Morgan fingerprint density at radius 1 is 0.929 bits per heavy atom. The van der Waals surface area contributed by atoms with Crippen molar-refractivity contribution in [2.45, 2.75) is 20.8 Å². The summed E-state index contributed by atoms with van der Waals surface area (Å²) in [5, 5.41) is 5.61. The van der Waals surface area contributed by atoms with E-state index < -0.39 is 0 Å². The lowest BCUT2D eigenvalue weighted by atomic mass is 10.2. The van der Waals surface area contributed by atoms with Crippen LogP contribution in [0.15, 0.2) is 36.7 Å². The number of hydrogen-bond acceptors (Lipinski definition) is 5. The predicted molar refractivity (Wildman–Crippen MR) is 109 cm³/mol. The Morgan fingerprint density at radius 3 is 2.21 bits per heavy atom. The number of carbonyl (C=O) groups is 1. The van der Waals surface area contributed by atoms with Gasteiger partial charge in [-0.05, 0) is 39.0 Å². The molecule has 2 aromatic carbocycles. The molecule has 2 amide bonds. The second-order valence-electron chi connectivity index (χ2n) is 5.81. The average molecular weight is 384 g/mol. The first kappa shape index (κ1) is 19.3. The molecular weight excluding hydrogens is 360 g/mol. The molecule has 8 nitrogen and oxygen atoms in total. The van der Waals surface area contributed by atoms with Crippen molar-refractivity contribution in [3.8, 4) is 17.2 Å². The minimum Gasteiger partial charge on any atom is -0.490 e. The van der Waals surface area contributed by atoms with Gasteiger partial charge in [-0.3, -0.25) is 0 Å².